The van der Waals surface area contributed by atoms with Gasteiger partial charge < -0.3 is 11.1 Å². The Morgan fingerprint density at radius 3 is 2.52 bits per heavy atom. The lowest BCUT2D eigenvalue weighted by Crippen LogP contribution is -2.15. The van der Waals surface area contributed by atoms with E-state index < -0.39 is 33.8 Å². The van der Waals surface area contributed by atoms with Crippen LogP contribution in [0.4, 0.5) is 25.8 Å². The number of para-hydroxylation sites is 1. The Hall–Kier alpha value is -3.03. The Bertz CT molecular complexity index is 735. The maximum Gasteiger partial charge on any atom is 0.295 e. The van der Waals surface area contributed by atoms with Gasteiger partial charge in [0, 0.05) is 11.6 Å². The zero-order chi connectivity index (χ0) is 15.6. The highest BCUT2D eigenvalue weighted by molar-refractivity contribution is 6.05. The van der Waals surface area contributed by atoms with Crippen LogP contribution in [0.25, 0.3) is 0 Å². The van der Waals surface area contributed by atoms with Gasteiger partial charge in [0.25, 0.3) is 11.6 Å². The highest BCUT2D eigenvalue weighted by atomic mass is 19.1. The fourth-order valence-corrected chi connectivity index (χ4v) is 1.64. The van der Waals surface area contributed by atoms with E-state index in [1.807, 2.05) is 0 Å². The average molecular weight is 293 g/mol. The third-order valence-corrected chi connectivity index (χ3v) is 2.69. The van der Waals surface area contributed by atoms with E-state index >= 15 is 0 Å². The number of nitro groups is 1. The van der Waals surface area contributed by atoms with Crippen LogP contribution in [0.3, 0.4) is 0 Å². The number of nitrogens with zero attached hydrogens (tertiary/aromatic N) is 1. The first-order chi connectivity index (χ1) is 9.90. The summed E-state index contributed by atoms with van der Waals surface area (Å²) in [6.07, 6.45) is 0. The molecule has 2 aromatic carbocycles. The second-order valence-corrected chi connectivity index (χ2v) is 4.08. The normalized spacial score (nSPS) is 10.2. The smallest absolute Gasteiger partial charge is 0.295 e. The lowest BCUT2D eigenvalue weighted by atomic mass is 10.1. The molecular formula is C13H9F2N3O3. The van der Waals surface area contributed by atoms with E-state index in [9.17, 15) is 23.7 Å². The lowest BCUT2D eigenvalue weighted by Gasteiger charge is -2.07. The summed E-state index contributed by atoms with van der Waals surface area (Å²) in [5, 5.41) is 12.9. The SMILES string of the molecule is Nc1ccc(C(=O)Nc2c(F)cccc2[N+](=O)[O-])cc1F. The molecule has 0 aliphatic heterocycles. The molecule has 0 saturated heterocycles. The summed E-state index contributed by atoms with van der Waals surface area (Å²) < 4.78 is 26.9. The molecule has 6 nitrogen and oxygen atoms in total. The number of anilines is 2. The summed E-state index contributed by atoms with van der Waals surface area (Å²) in [5.41, 5.74) is 3.81. The number of nitro benzene ring substituents is 1. The maximum atomic E-state index is 13.6. The number of rotatable bonds is 3. The third-order valence-electron chi connectivity index (χ3n) is 2.69. The van der Waals surface area contributed by atoms with Gasteiger partial charge in [0.15, 0.2) is 11.5 Å². The number of halogens is 2. The summed E-state index contributed by atoms with van der Waals surface area (Å²) in [7, 11) is 0. The zero-order valence-corrected chi connectivity index (χ0v) is 10.5. The second-order valence-electron chi connectivity index (χ2n) is 4.08. The van der Waals surface area contributed by atoms with E-state index in [4.69, 9.17) is 5.73 Å². The number of nitrogens with one attached hydrogen (secondary N) is 1. The first-order valence-corrected chi connectivity index (χ1v) is 5.69. The molecule has 2 aromatic rings. The Labute approximate surface area is 117 Å². The van der Waals surface area contributed by atoms with Gasteiger partial charge in [-0.15, -0.1) is 0 Å². The van der Waals surface area contributed by atoms with Gasteiger partial charge in [0.1, 0.15) is 5.82 Å². The molecule has 0 aromatic heterocycles. The van der Waals surface area contributed by atoms with Crippen molar-refractivity contribution in [2.45, 2.75) is 0 Å². The van der Waals surface area contributed by atoms with Gasteiger partial charge in [-0.1, -0.05) is 6.07 Å². The van der Waals surface area contributed by atoms with Gasteiger partial charge in [-0.3, -0.25) is 14.9 Å². The van der Waals surface area contributed by atoms with E-state index in [0.717, 1.165) is 24.3 Å². The second kappa shape index (κ2) is 5.53. The molecule has 0 unspecified atom stereocenters. The number of nitrogens with two attached hydrogens (primary N) is 1. The molecule has 1 amide bonds. The molecular weight excluding hydrogens is 284 g/mol. The van der Waals surface area contributed by atoms with E-state index in [2.05, 4.69) is 5.32 Å². The van der Waals surface area contributed by atoms with Crippen LogP contribution in [0.15, 0.2) is 36.4 Å². The van der Waals surface area contributed by atoms with Crippen LogP contribution in [-0.4, -0.2) is 10.8 Å². The van der Waals surface area contributed by atoms with Crippen LogP contribution in [-0.2, 0) is 0 Å². The summed E-state index contributed by atoms with van der Waals surface area (Å²) in [6.45, 7) is 0. The van der Waals surface area contributed by atoms with Crippen LogP contribution in [0.2, 0.25) is 0 Å². The van der Waals surface area contributed by atoms with Crippen molar-refractivity contribution in [1.29, 1.82) is 0 Å². The van der Waals surface area contributed by atoms with Gasteiger partial charge >= 0.3 is 0 Å². The first-order valence-electron chi connectivity index (χ1n) is 5.69. The monoisotopic (exact) mass is 293 g/mol. The van der Waals surface area contributed by atoms with E-state index in [0.29, 0.717) is 0 Å². The molecule has 108 valence electrons. The molecule has 0 aliphatic carbocycles. The molecule has 0 atom stereocenters. The van der Waals surface area contributed by atoms with Gasteiger partial charge in [0.05, 0.1) is 10.6 Å². The summed E-state index contributed by atoms with van der Waals surface area (Å²) in [6, 6.07) is 6.40. The number of benzene rings is 2. The van der Waals surface area contributed by atoms with Crippen LogP contribution in [0.1, 0.15) is 10.4 Å². The highest BCUT2D eigenvalue weighted by Gasteiger charge is 2.20. The van der Waals surface area contributed by atoms with Crippen molar-refractivity contribution in [3.05, 3.63) is 63.7 Å². The molecule has 8 heteroatoms. The lowest BCUT2D eigenvalue weighted by molar-refractivity contribution is -0.384. The molecule has 0 heterocycles. The van der Waals surface area contributed by atoms with Crippen molar-refractivity contribution in [2.24, 2.45) is 0 Å². The van der Waals surface area contributed by atoms with E-state index in [1.165, 1.54) is 12.1 Å². The number of amides is 1. The van der Waals surface area contributed by atoms with Crippen molar-refractivity contribution in [1.82, 2.24) is 0 Å². The third kappa shape index (κ3) is 2.94. The highest BCUT2D eigenvalue weighted by Crippen LogP contribution is 2.27. The summed E-state index contributed by atoms with van der Waals surface area (Å²) in [5.74, 6) is -2.67. The minimum atomic E-state index is -0.964. The zero-order valence-electron chi connectivity index (χ0n) is 10.5. The van der Waals surface area contributed by atoms with Gasteiger partial charge in [0.2, 0.25) is 0 Å². The van der Waals surface area contributed by atoms with E-state index in [-0.39, 0.29) is 11.3 Å². The molecule has 0 radical (unpaired) electrons. The molecule has 0 saturated carbocycles. The molecule has 0 bridgehead atoms. The van der Waals surface area contributed by atoms with Crippen molar-refractivity contribution in [3.63, 3.8) is 0 Å². The number of carbonyl (C=O) groups is 1. The number of nitrogen functional groups attached to an aromatic ring is 1. The topological polar surface area (TPSA) is 98.3 Å². The van der Waals surface area contributed by atoms with Crippen LogP contribution >= 0.6 is 0 Å². The van der Waals surface area contributed by atoms with Crippen molar-refractivity contribution in [2.75, 3.05) is 11.1 Å². The average Bonchev–Trinajstić information content (AvgIpc) is 2.43. The molecule has 21 heavy (non-hydrogen) atoms. The fraction of sp³-hybridized carbons (Fsp3) is 0. The molecule has 2 rings (SSSR count). The molecule has 3 N–H and O–H groups in total. The molecule has 0 fully saturated rings. The van der Waals surface area contributed by atoms with Crippen molar-refractivity contribution < 1.29 is 18.5 Å². The predicted molar refractivity (Wildman–Crippen MR) is 71.8 cm³/mol. The minimum absolute atomic E-state index is 0.140. The predicted octanol–water partition coefficient (Wildman–Crippen LogP) is 2.71. The van der Waals surface area contributed by atoms with Crippen molar-refractivity contribution in [3.8, 4) is 0 Å². The number of hydrogen-bond acceptors (Lipinski definition) is 4. The molecule has 0 spiro atoms. The minimum Gasteiger partial charge on any atom is -0.396 e. The largest absolute Gasteiger partial charge is 0.396 e. The summed E-state index contributed by atoms with van der Waals surface area (Å²) in [4.78, 5) is 21.9. The Morgan fingerprint density at radius 1 is 1.19 bits per heavy atom. The molecule has 0 aliphatic rings. The van der Waals surface area contributed by atoms with Crippen LogP contribution < -0.4 is 11.1 Å². The Kier molecular flexibility index (Phi) is 3.79. The summed E-state index contributed by atoms with van der Waals surface area (Å²) >= 11 is 0. The Balaban J connectivity index is 2.36. The first kappa shape index (κ1) is 14.4. The standard InChI is InChI=1S/C13H9F2N3O3/c14-8-2-1-3-11(18(20)21)12(8)17-13(19)7-4-5-10(16)9(15)6-7/h1-6H,16H2,(H,17,19). The van der Waals surface area contributed by atoms with Crippen LogP contribution in [0, 0.1) is 21.7 Å². The van der Waals surface area contributed by atoms with Crippen LogP contribution in [0.5, 0.6) is 0 Å². The van der Waals surface area contributed by atoms with Gasteiger partial charge in [-0.2, -0.15) is 0 Å². The number of hydrogen-bond donors (Lipinski definition) is 2. The van der Waals surface area contributed by atoms with E-state index in [1.54, 1.807) is 0 Å². The quantitative estimate of drug-likeness (QED) is 0.516. The van der Waals surface area contributed by atoms with Gasteiger partial charge in [-0.25, -0.2) is 8.78 Å². The van der Waals surface area contributed by atoms with Crippen molar-refractivity contribution >= 4 is 23.0 Å². The number of carbonyl (C=O) groups excluding carboxylic acids is 1. The maximum absolute atomic E-state index is 13.6. The Morgan fingerprint density at radius 2 is 1.90 bits per heavy atom. The fourth-order valence-electron chi connectivity index (χ4n) is 1.64. The van der Waals surface area contributed by atoms with Gasteiger partial charge in [-0.05, 0) is 24.3 Å².